The van der Waals surface area contributed by atoms with Gasteiger partial charge in [-0.05, 0) is 18.9 Å². The van der Waals surface area contributed by atoms with Crippen LogP contribution in [0.15, 0.2) is 18.6 Å². The number of hydrogen-bond donors (Lipinski definition) is 2. The highest BCUT2D eigenvalue weighted by molar-refractivity contribution is 5.85. The van der Waals surface area contributed by atoms with Gasteiger partial charge in [0, 0.05) is 19.3 Å². The number of aliphatic hydroxyl groups is 1. The van der Waals surface area contributed by atoms with Gasteiger partial charge in [-0.3, -0.25) is 0 Å². The van der Waals surface area contributed by atoms with Crippen molar-refractivity contribution in [3.63, 3.8) is 0 Å². The van der Waals surface area contributed by atoms with Crippen molar-refractivity contribution in [2.24, 2.45) is 7.05 Å². The molecule has 1 aliphatic carbocycles. The third-order valence-corrected chi connectivity index (χ3v) is 3.10. The lowest BCUT2D eigenvalue weighted by molar-refractivity contribution is 0.0836. The molecule has 2 aromatic rings. The van der Waals surface area contributed by atoms with Crippen LogP contribution in [0.2, 0.25) is 0 Å². The van der Waals surface area contributed by atoms with E-state index in [4.69, 9.17) is 0 Å². The van der Waals surface area contributed by atoms with Crippen LogP contribution in [0.1, 0.15) is 12.8 Å². The third-order valence-electron chi connectivity index (χ3n) is 3.10. The second-order valence-corrected chi connectivity index (χ2v) is 4.35. The summed E-state index contributed by atoms with van der Waals surface area (Å²) in [4.78, 5) is 8.62. The molecule has 0 atom stereocenters. The summed E-state index contributed by atoms with van der Waals surface area (Å²) in [5.74, 6) is 0.815. The Bertz CT molecular complexity index is 516. The number of imidazole rings is 1. The zero-order chi connectivity index (χ0) is 11.1. The van der Waals surface area contributed by atoms with Crippen molar-refractivity contribution >= 4 is 16.9 Å². The molecule has 0 unspecified atom stereocenters. The van der Waals surface area contributed by atoms with E-state index in [1.165, 1.54) is 0 Å². The van der Waals surface area contributed by atoms with Crippen LogP contribution < -0.4 is 5.32 Å². The lowest BCUT2D eigenvalue weighted by Gasteiger charge is -2.32. The molecule has 5 nitrogen and oxygen atoms in total. The van der Waals surface area contributed by atoms with Crippen molar-refractivity contribution < 1.29 is 5.11 Å². The molecule has 2 heterocycles. The van der Waals surface area contributed by atoms with Gasteiger partial charge in [0.1, 0.15) is 5.52 Å². The van der Waals surface area contributed by atoms with Gasteiger partial charge in [0.15, 0.2) is 5.82 Å². The fourth-order valence-corrected chi connectivity index (χ4v) is 2.07. The second-order valence-electron chi connectivity index (χ2n) is 4.35. The summed E-state index contributed by atoms with van der Waals surface area (Å²) in [7, 11) is 1.96. The largest absolute Gasteiger partial charge is 0.393 e. The number of hydrogen-bond acceptors (Lipinski definition) is 4. The Kier molecular flexibility index (Phi) is 2.07. The number of nitrogens with one attached hydrogen (secondary N) is 1. The molecule has 16 heavy (non-hydrogen) atoms. The molecule has 0 aromatic carbocycles. The zero-order valence-corrected chi connectivity index (χ0v) is 9.09. The van der Waals surface area contributed by atoms with Gasteiger partial charge in [0.25, 0.3) is 0 Å². The van der Waals surface area contributed by atoms with Crippen LogP contribution in [0.5, 0.6) is 0 Å². The van der Waals surface area contributed by atoms with E-state index >= 15 is 0 Å². The maximum Gasteiger partial charge on any atom is 0.154 e. The Hall–Kier alpha value is -1.62. The molecule has 1 saturated carbocycles. The van der Waals surface area contributed by atoms with E-state index in [0.717, 1.165) is 29.7 Å². The van der Waals surface area contributed by atoms with Crippen molar-refractivity contribution in [1.82, 2.24) is 14.5 Å². The highest BCUT2D eigenvalue weighted by Crippen LogP contribution is 2.26. The van der Waals surface area contributed by atoms with Gasteiger partial charge in [0.2, 0.25) is 0 Å². The molecule has 3 rings (SSSR count). The first-order valence-electron chi connectivity index (χ1n) is 5.44. The predicted octanol–water partition coefficient (Wildman–Crippen LogP) is 0.903. The van der Waals surface area contributed by atoms with Crippen molar-refractivity contribution in [1.29, 1.82) is 0 Å². The summed E-state index contributed by atoms with van der Waals surface area (Å²) in [6, 6.07) is 2.28. The van der Waals surface area contributed by atoms with Crippen molar-refractivity contribution in [3.05, 3.63) is 18.6 Å². The Morgan fingerprint density at radius 2 is 2.25 bits per heavy atom. The molecule has 0 saturated heterocycles. The van der Waals surface area contributed by atoms with Gasteiger partial charge < -0.3 is 15.0 Å². The second kappa shape index (κ2) is 3.45. The Labute approximate surface area is 93.1 Å². The molecular weight excluding hydrogens is 204 g/mol. The fourth-order valence-electron chi connectivity index (χ4n) is 2.07. The van der Waals surface area contributed by atoms with Gasteiger partial charge in [-0.2, -0.15) is 0 Å². The summed E-state index contributed by atoms with van der Waals surface area (Å²) in [5, 5.41) is 12.6. The SMILES string of the molecule is Cn1cnc2c(NC3CC(O)C3)nccc21. The Morgan fingerprint density at radius 3 is 3.00 bits per heavy atom. The van der Waals surface area contributed by atoms with Gasteiger partial charge in [0.05, 0.1) is 17.9 Å². The number of anilines is 1. The zero-order valence-electron chi connectivity index (χ0n) is 9.09. The smallest absolute Gasteiger partial charge is 0.154 e. The highest BCUT2D eigenvalue weighted by atomic mass is 16.3. The standard InChI is InChI=1S/C11H14N4O/c1-15-6-13-10-9(15)2-3-12-11(10)14-7-4-8(16)5-7/h2-3,6-8,16H,4-5H2,1H3,(H,12,14). The molecule has 0 spiro atoms. The van der Waals surface area contributed by atoms with Crippen LogP contribution in [0.4, 0.5) is 5.82 Å². The number of aromatic nitrogens is 3. The molecule has 1 fully saturated rings. The van der Waals surface area contributed by atoms with Gasteiger partial charge in [-0.25, -0.2) is 9.97 Å². The van der Waals surface area contributed by atoms with E-state index in [1.54, 1.807) is 12.5 Å². The van der Waals surface area contributed by atoms with E-state index in [2.05, 4.69) is 15.3 Å². The summed E-state index contributed by atoms with van der Waals surface area (Å²) >= 11 is 0. The number of nitrogens with zero attached hydrogens (tertiary/aromatic N) is 3. The summed E-state index contributed by atoms with van der Waals surface area (Å²) in [6.45, 7) is 0. The number of fused-ring (bicyclic) bond motifs is 1. The molecule has 0 amide bonds. The molecule has 0 radical (unpaired) electrons. The van der Waals surface area contributed by atoms with Crippen LogP contribution in [0, 0.1) is 0 Å². The number of aliphatic hydroxyl groups excluding tert-OH is 1. The lowest BCUT2D eigenvalue weighted by atomic mass is 9.89. The minimum atomic E-state index is -0.152. The van der Waals surface area contributed by atoms with Crippen molar-refractivity contribution in [3.8, 4) is 0 Å². The summed E-state index contributed by atoms with van der Waals surface area (Å²) < 4.78 is 1.97. The molecule has 1 aliphatic rings. The first kappa shape index (κ1) is 9.59. The molecular formula is C11H14N4O. The monoisotopic (exact) mass is 218 g/mol. The van der Waals surface area contributed by atoms with Crippen molar-refractivity contribution in [2.75, 3.05) is 5.32 Å². The predicted molar refractivity (Wildman–Crippen MR) is 61.2 cm³/mol. The average molecular weight is 218 g/mol. The van der Waals surface area contributed by atoms with Crippen LogP contribution in [0.3, 0.4) is 0 Å². The highest BCUT2D eigenvalue weighted by Gasteiger charge is 2.27. The molecule has 2 N–H and O–H groups in total. The summed E-state index contributed by atoms with van der Waals surface area (Å²) in [5.41, 5.74) is 1.96. The van der Waals surface area contributed by atoms with Crippen LogP contribution >= 0.6 is 0 Å². The Balaban J connectivity index is 1.91. The number of aryl methyl sites for hydroxylation is 1. The van der Waals surface area contributed by atoms with E-state index < -0.39 is 0 Å². The normalized spacial score (nSPS) is 24.4. The maximum absolute atomic E-state index is 9.23. The number of pyridine rings is 1. The first-order chi connectivity index (χ1) is 7.74. The lowest BCUT2D eigenvalue weighted by Crippen LogP contribution is -2.39. The Morgan fingerprint density at radius 1 is 1.44 bits per heavy atom. The molecule has 5 heteroatoms. The van der Waals surface area contributed by atoms with Crippen LogP contribution in [0.25, 0.3) is 11.0 Å². The molecule has 84 valence electrons. The minimum Gasteiger partial charge on any atom is -0.393 e. The van der Waals surface area contributed by atoms with Crippen LogP contribution in [-0.2, 0) is 7.05 Å². The maximum atomic E-state index is 9.23. The van der Waals surface area contributed by atoms with E-state index in [0.29, 0.717) is 6.04 Å². The fraction of sp³-hybridized carbons (Fsp3) is 0.455. The third kappa shape index (κ3) is 1.44. The van der Waals surface area contributed by atoms with Gasteiger partial charge >= 0.3 is 0 Å². The van der Waals surface area contributed by atoms with Crippen molar-refractivity contribution in [2.45, 2.75) is 25.0 Å². The molecule has 0 bridgehead atoms. The summed E-state index contributed by atoms with van der Waals surface area (Å²) in [6.07, 6.45) is 5.00. The quantitative estimate of drug-likeness (QED) is 0.786. The molecule has 0 aliphatic heterocycles. The van der Waals surface area contributed by atoms with E-state index in [9.17, 15) is 5.11 Å². The van der Waals surface area contributed by atoms with Crippen LogP contribution in [-0.4, -0.2) is 31.8 Å². The van der Waals surface area contributed by atoms with Gasteiger partial charge in [-0.1, -0.05) is 0 Å². The average Bonchev–Trinajstić information content (AvgIpc) is 2.60. The van der Waals surface area contributed by atoms with E-state index in [1.807, 2.05) is 17.7 Å². The topological polar surface area (TPSA) is 63.0 Å². The van der Waals surface area contributed by atoms with Gasteiger partial charge in [-0.15, -0.1) is 0 Å². The minimum absolute atomic E-state index is 0.152. The first-order valence-corrected chi connectivity index (χ1v) is 5.44. The van der Waals surface area contributed by atoms with E-state index in [-0.39, 0.29) is 6.10 Å². The number of rotatable bonds is 2. The molecule has 2 aromatic heterocycles.